The van der Waals surface area contributed by atoms with Gasteiger partial charge in [0.05, 0.1) is 5.69 Å². The number of aromatic nitrogens is 2. The van der Waals surface area contributed by atoms with Crippen LogP contribution in [0.1, 0.15) is 44.1 Å². The fourth-order valence-corrected chi connectivity index (χ4v) is 7.41. The molecule has 0 radical (unpaired) electrons. The third-order valence-electron chi connectivity index (χ3n) is 7.39. The highest BCUT2D eigenvalue weighted by Gasteiger charge is 2.52. The van der Waals surface area contributed by atoms with E-state index in [0.29, 0.717) is 23.1 Å². The second-order valence-corrected chi connectivity index (χ2v) is 13.6. The van der Waals surface area contributed by atoms with E-state index in [0.717, 1.165) is 19.3 Å². The van der Waals surface area contributed by atoms with Crippen molar-refractivity contribution in [3.05, 3.63) is 29.8 Å². The highest BCUT2D eigenvalue weighted by atomic mass is 31.2. The van der Waals surface area contributed by atoms with Crippen LogP contribution < -0.4 is 16.4 Å². The molecule has 0 amide bonds. The fourth-order valence-electron chi connectivity index (χ4n) is 6.54. The third kappa shape index (κ3) is 3.91. The molecule has 172 valence electrons. The van der Waals surface area contributed by atoms with E-state index in [9.17, 15) is 17.7 Å². The molecule has 32 heavy (non-hydrogen) atoms. The molecule has 6 rings (SSSR count). The lowest BCUT2D eigenvalue weighted by Crippen LogP contribution is -2.55. The summed E-state index contributed by atoms with van der Waals surface area (Å²) in [6, 6.07) is 6.25. The lowest BCUT2D eigenvalue weighted by atomic mass is 9.53. The van der Waals surface area contributed by atoms with Gasteiger partial charge in [0.1, 0.15) is 18.5 Å². The number of nitrogens with two attached hydrogens (primary N) is 1. The second-order valence-electron chi connectivity index (χ2n) is 10.4. The first-order valence-corrected chi connectivity index (χ1v) is 13.7. The summed E-state index contributed by atoms with van der Waals surface area (Å²) in [4.78, 5) is 8.04. The van der Waals surface area contributed by atoms with Gasteiger partial charge in [-0.1, -0.05) is 24.3 Å². The minimum atomic E-state index is -4.66. The van der Waals surface area contributed by atoms with E-state index < -0.39 is 18.9 Å². The highest BCUT2D eigenvalue weighted by Crippen LogP contribution is 2.57. The van der Waals surface area contributed by atoms with E-state index >= 15 is 0 Å². The quantitative estimate of drug-likeness (QED) is 0.595. The van der Waals surface area contributed by atoms with E-state index in [-0.39, 0.29) is 28.6 Å². The predicted octanol–water partition coefficient (Wildman–Crippen LogP) is 5.37. The zero-order valence-corrected chi connectivity index (χ0v) is 19.1. The number of nitrogen functional groups attached to an aromatic ring is 1. The first kappa shape index (κ1) is 21.7. The largest absolute Gasteiger partial charge is 0.422 e. The van der Waals surface area contributed by atoms with Crippen molar-refractivity contribution in [1.29, 1.82) is 0 Å². The van der Waals surface area contributed by atoms with Gasteiger partial charge in [0.25, 0.3) is 0 Å². The van der Waals surface area contributed by atoms with Gasteiger partial charge in [0.2, 0.25) is 5.95 Å². The molecule has 0 atom stereocenters. The lowest BCUT2D eigenvalue weighted by molar-refractivity contribution is -0.136. The smallest absolute Gasteiger partial charge is 0.368 e. The molecule has 2 aromatic rings. The van der Waals surface area contributed by atoms with E-state index in [1.165, 1.54) is 31.4 Å². The van der Waals surface area contributed by atoms with Crippen LogP contribution in [0, 0.1) is 17.8 Å². The average Bonchev–Trinajstić information content (AvgIpc) is 2.64. The van der Waals surface area contributed by atoms with Gasteiger partial charge >= 0.3 is 6.18 Å². The van der Waals surface area contributed by atoms with Crippen LogP contribution in [-0.2, 0) is 10.7 Å². The van der Waals surface area contributed by atoms with Gasteiger partial charge < -0.3 is 15.6 Å². The lowest BCUT2D eigenvalue weighted by Gasteiger charge is -2.57. The number of hydrogen-bond donors (Lipinski definition) is 2. The molecule has 5 nitrogen and oxygen atoms in total. The van der Waals surface area contributed by atoms with Crippen molar-refractivity contribution in [3.63, 3.8) is 0 Å². The SMILES string of the molecule is CP(C)(=O)c1ccc(-c2nc(N)nc(NC34CC5CC(CC(C5)C3)C4)c2C(F)(F)F)cc1. The Morgan fingerprint density at radius 2 is 1.53 bits per heavy atom. The maximum atomic E-state index is 14.3. The summed E-state index contributed by atoms with van der Waals surface area (Å²) in [5.41, 5.74) is 4.70. The first-order chi connectivity index (χ1) is 14.9. The molecule has 1 aromatic carbocycles. The van der Waals surface area contributed by atoms with Crippen molar-refractivity contribution >= 4 is 24.2 Å². The molecular weight excluding hydrogens is 436 g/mol. The Bertz CT molecular complexity index is 1060. The molecular formula is C23H28F3N4OP. The molecule has 1 aromatic heterocycles. The van der Waals surface area contributed by atoms with Crippen molar-refractivity contribution < 1.29 is 17.7 Å². The Morgan fingerprint density at radius 3 is 2.00 bits per heavy atom. The van der Waals surface area contributed by atoms with Crippen LogP contribution >= 0.6 is 7.14 Å². The van der Waals surface area contributed by atoms with Gasteiger partial charge in [-0.05, 0) is 69.6 Å². The van der Waals surface area contributed by atoms with Crippen LogP contribution in [-0.4, -0.2) is 28.8 Å². The molecule has 4 aliphatic rings. The van der Waals surface area contributed by atoms with Gasteiger partial charge in [0.15, 0.2) is 0 Å². The number of nitrogens with zero attached hydrogens (tertiary/aromatic N) is 2. The van der Waals surface area contributed by atoms with Gasteiger partial charge in [-0.2, -0.15) is 18.2 Å². The zero-order chi connectivity index (χ0) is 22.9. The molecule has 0 aliphatic heterocycles. The molecule has 0 saturated heterocycles. The number of anilines is 2. The predicted molar refractivity (Wildman–Crippen MR) is 120 cm³/mol. The van der Waals surface area contributed by atoms with E-state index in [1.54, 1.807) is 25.5 Å². The zero-order valence-electron chi connectivity index (χ0n) is 18.2. The Kier molecular flexibility index (Phi) is 4.90. The van der Waals surface area contributed by atoms with Gasteiger partial charge in [-0.25, -0.2) is 4.98 Å². The first-order valence-electron chi connectivity index (χ1n) is 11.1. The molecule has 3 N–H and O–H groups in total. The third-order valence-corrected chi connectivity index (χ3v) is 8.94. The Hall–Kier alpha value is -2.08. The minimum Gasteiger partial charge on any atom is -0.368 e. The van der Waals surface area contributed by atoms with Crippen LogP contribution in [0.4, 0.5) is 24.9 Å². The Morgan fingerprint density at radius 1 is 1.00 bits per heavy atom. The second kappa shape index (κ2) is 7.21. The van der Waals surface area contributed by atoms with Crippen molar-refractivity contribution in [2.24, 2.45) is 17.8 Å². The Balaban J connectivity index is 1.58. The number of rotatable bonds is 4. The monoisotopic (exact) mass is 464 g/mol. The molecule has 4 saturated carbocycles. The van der Waals surface area contributed by atoms with E-state index in [2.05, 4.69) is 15.3 Å². The van der Waals surface area contributed by atoms with Crippen LogP contribution in [0.3, 0.4) is 0 Å². The van der Waals surface area contributed by atoms with Crippen LogP contribution in [0.25, 0.3) is 11.3 Å². The maximum Gasteiger partial charge on any atom is 0.422 e. The summed E-state index contributed by atoms with van der Waals surface area (Å²) in [5.74, 6) is 1.32. The molecule has 4 aliphatic carbocycles. The summed E-state index contributed by atoms with van der Waals surface area (Å²) in [6.07, 6.45) is 1.56. The Labute approximate surface area is 185 Å². The van der Waals surface area contributed by atoms with Gasteiger partial charge in [-0.15, -0.1) is 0 Å². The topological polar surface area (TPSA) is 80.9 Å². The number of alkyl halides is 3. The highest BCUT2D eigenvalue weighted by molar-refractivity contribution is 7.70. The standard InChI is InChI=1S/C23H28F3N4OP/c1-32(2,31)17-5-3-16(4-6-17)19-18(23(24,25)26)20(29-21(27)28-19)30-22-10-13-7-14(11-22)9-15(8-13)12-22/h3-6,13-15H,7-12H2,1-2H3,(H3,27,28,29,30). The van der Waals surface area contributed by atoms with Crippen molar-refractivity contribution in [2.75, 3.05) is 24.4 Å². The van der Waals surface area contributed by atoms with Crippen molar-refractivity contribution in [2.45, 2.75) is 50.2 Å². The van der Waals surface area contributed by atoms with Gasteiger partial charge in [0, 0.05) is 16.4 Å². The molecule has 1 heterocycles. The summed E-state index contributed by atoms with van der Waals surface area (Å²) in [7, 11) is -2.52. The number of hydrogen-bond acceptors (Lipinski definition) is 5. The molecule has 9 heteroatoms. The molecule has 4 fully saturated rings. The normalized spacial score (nSPS) is 29.3. The van der Waals surface area contributed by atoms with Crippen LogP contribution in [0.2, 0.25) is 0 Å². The van der Waals surface area contributed by atoms with Gasteiger partial charge in [-0.3, -0.25) is 0 Å². The summed E-state index contributed by atoms with van der Waals surface area (Å²) >= 11 is 0. The maximum absolute atomic E-state index is 14.3. The van der Waals surface area contributed by atoms with Crippen LogP contribution in [0.15, 0.2) is 24.3 Å². The fraction of sp³-hybridized carbons (Fsp3) is 0.565. The number of halogens is 3. The molecule has 0 unspecified atom stereocenters. The average molecular weight is 464 g/mol. The van der Waals surface area contributed by atoms with Crippen molar-refractivity contribution in [1.82, 2.24) is 9.97 Å². The van der Waals surface area contributed by atoms with Crippen molar-refractivity contribution in [3.8, 4) is 11.3 Å². The molecule has 0 spiro atoms. The minimum absolute atomic E-state index is 0.194. The number of nitrogens with one attached hydrogen (secondary N) is 1. The van der Waals surface area contributed by atoms with Crippen LogP contribution in [0.5, 0.6) is 0 Å². The summed E-state index contributed by atoms with van der Waals surface area (Å²) in [5, 5.41) is 3.85. The summed E-state index contributed by atoms with van der Waals surface area (Å²) < 4.78 is 55.4. The number of benzene rings is 1. The molecule has 4 bridgehead atoms. The van der Waals surface area contributed by atoms with E-state index in [4.69, 9.17) is 5.73 Å². The van der Waals surface area contributed by atoms with E-state index in [1.807, 2.05) is 0 Å². The summed E-state index contributed by atoms with van der Waals surface area (Å²) in [6.45, 7) is 3.25.